The number of rotatable bonds is 3. The van der Waals surface area contributed by atoms with Gasteiger partial charge in [0.2, 0.25) is 5.76 Å². The van der Waals surface area contributed by atoms with Crippen molar-refractivity contribution in [2.45, 2.75) is 27.7 Å². The topological polar surface area (TPSA) is 52.6 Å². The van der Waals surface area contributed by atoms with E-state index in [0.717, 1.165) is 0 Å². The minimum atomic E-state index is -0.704. The molecule has 0 rings (SSSR count). The van der Waals surface area contributed by atoms with Crippen LogP contribution in [0.15, 0.2) is 12.3 Å². The van der Waals surface area contributed by atoms with Crippen molar-refractivity contribution in [3.05, 3.63) is 12.3 Å². The second-order valence-electron chi connectivity index (χ2n) is 3.78. The van der Waals surface area contributed by atoms with Crippen molar-refractivity contribution in [3.8, 4) is 0 Å². The van der Waals surface area contributed by atoms with Crippen molar-refractivity contribution in [2.24, 2.45) is 5.41 Å². The Hall–Kier alpha value is -1.32. The first-order chi connectivity index (χ1) is 6.29. The molecule has 0 unspecified atom stereocenters. The minimum Gasteiger partial charge on any atom is -0.460 e. The lowest BCUT2D eigenvalue weighted by atomic mass is 9.97. The van der Waals surface area contributed by atoms with Gasteiger partial charge < -0.3 is 9.47 Å². The standard InChI is InChI=1S/C10H16O4/c1-6-13-8(11)7(2)14-9(12)10(3,4)5/h2,6H2,1,3-5H3. The Morgan fingerprint density at radius 1 is 1.29 bits per heavy atom. The van der Waals surface area contributed by atoms with Crippen LogP contribution in [0.2, 0.25) is 0 Å². The molecule has 0 aliphatic rings. The van der Waals surface area contributed by atoms with Gasteiger partial charge in [-0.2, -0.15) is 0 Å². The maximum absolute atomic E-state index is 11.3. The number of carbonyl (C=O) groups is 2. The third-order valence-electron chi connectivity index (χ3n) is 1.33. The summed E-state index contributed by atoms with van der Waals surface area (Å²) in [6.07, 6.45) is 0. The van der Waals surface area contributed by atoms with Gasteiger partial charge in [0.15, 0.2) is 0 Å². The Morgan fingerprint density at radius 2 is 1.79 bits per heavy atom. The molecule has 14 heavy (non-hydrogen) atoms. The highest BCUT2D eigenvalue weighted by Crippen LogP contribution is 2.17. The van der Waals surface area contributed by atoms with Gasteiger partial charge in [0, 0.05) is 0 Å². The Bertz CT molecular complexity index is 247. The molecule has 0 heterocycles. The van der Waals surface area contributed by atoms with E-state index in [4.69, 9.17) is 4.74 Å². The fourth-order valence-corrected chi connectivity index (χ4v) is 0.518. The van der Waals surface area contributed by atoms with E-state index in [0.29, 0.717) is 0 Å². The second kappa shape index (κ2) is 4.79. The molecule has 4 nitrogen and oxygen atoms in total. The largest absolute Gasteiger partial charge is 0.460 e. The Morgan fingerprint density at radius 3 is 2.14 bits per heavy atom. The van der Waals surface area contributed by atoms with Gasteiger partial charge in [0.05, 0.1) is 12.0 Å². The summed E-state index contributed by atoms with van der Waals surface area (Å²) < 4.78 is 9.32. The van der Waals surface area contributed by atoms with E-state index in [1.165, 1.54) is 0 Å². The highest BCUT2D eigenvalue weighted by Gasteiger charge is 2.26. The van der Waals surface area contributed by atoms with Crippen LogP contribution in [0, 0.1) is 5.41 Å². The molecule has 0 aliphatic heterocycles. The molecule has 0 aromatic carbocycles. The summed E-state index contributed by atoms with van der Waals surface area (Å²) >= 11 is 0. The van der Waals surface area contributed by atoms with Crippen LogP contribution in [-0.4, -0.2) is 18.5 Å². The molecule has 0 aromatic rings. The van der Waals surface area contributed by atoms with Gasteiger partial charge in [0.25, 0.3) is 0 Å². The van der Waals surface area contributed by atoms with Crippen LogP contribution in [0.25, 0.3) is 0 Å². The van der Waals surface area contributed by atoms with Gasteiger partial charge in [-0.25, -0.2) is 4.79 Å². The first-order valence-corrected chi connectivity index (χ1v) is 4.37. The highest BCUT2D eigenvalue weighted by atomic mass is 16.6. The number of carbonyl (C=O) groups excluding carboxylic acids is 2. The van der Waals surface area contributed by atoms with Crippen molar-refractivity contribution in [3.63, 3.8) is 0 Å². The van der Waals surface area contributed by atoms with E-state index in [1.54, 1.807) is 27.7 Å². The number of ether oxygens (including phenoxy) is 2. The predicted molar refractivity (Wildman–Crippen MR) is 51.3 cm³/mol. The van der Waals surface area contributed by atoms with Crippen LogP contribution in [0.5, 0.6) is 0 Å². The molecule has 0 saturated heterocycles. The molecule has 0 amide bonds. The zero-order valence-corrected chi connectivity index (χ0v) is 9.05. The summed E-state index contributed by atoms with van der Waals surface area (Å²) in [4.78, 5) is 22.3. The van der Waals surface area contributed by atoms with Gasteiger partial charge in [-0.3, -0.25) is 4.79 Å². The van der Waals surface area contributed by atoms with Crippen LogP contribution >= 0.6 is 0 Å². The SMILES string of the molecule is C=C(OC(=O)C(C)(C)C)C(=O)OCC. The van der Waals surface area contributed by atoms with E-state index in [9.17, 15) is 9.59 Å². The van der Waals surface area contributed by atoms with Crippen LogP contribution in [0.1, 0.15) is 27.7 Å². The van der Waals surface area contributed by atoms with Gasteiger partial charge in [-0.15, -0.1) is 0 Å². The quantitative estimate of drug-likeness (QED) is 0.395. The van der Waals surface area contributed by atoms with Crippen LogP contribution in [0.3, 0.4) is 0 Å². The summed E-state index contributed by atoms with van der Waals surface area (Å²) in [6.45, 7) is 10.3. The van der Waals surface area contributed by atoms with Crippen LogP contribution in [-0.2, 0) is 19.1 Å². The molecule has 0 bridgehead atoms. The summed E-state index contributed by atoms with van der Waals surface area (Å²) in [6, 6.07) is 0. The number of hydrogen-bond donors (Lipinski definition) is 0. The fourth-order valence-electron chi connectivity index (χ4n) is 0.518. The van der Waals surface area contributed by atoms with Gasteiger partial charge in [-0.1, -0.05) is 0 Å². The highest BCUT2D eigenvalue weighted by molar-refractivity contribution is 5.89. The molecular weight excluding hydrogens is 184 g/mol. The number of hydrogen-bond acceptors (Lipinski definition) is 4. The van der Waals surface area contributed by atoms with Crippen molar-refractivity contribution in [1.29, 1.82) is 0 Å². The average Bonchev–Trinajstić information content (AvgIpc) is 2.02. The monoisotopic (exact) mass is 200 g/mol. The number of esters is 2. The lowest BCUT2D eigenvalue weighted by molar-refractivity contribution is -0.156. The Kier molecular flexibility index (Phi) is 4.34. The second-order valence-corrected chi connectivity index (χ2v) is 3.78. The summed E-state index contributed by atoms with van der Waals surface area (Å²) in [5.41, 5.74) is -0.657. The molecule has 0 fully saturated rings. The van der Waals surface area contributed by atoms with Crippen molar-refractivity contribution < 1.29 is 19.1 Å². The predicted octanol–water partition coefficient (Wildman–Crippen LogP) is 1.65. The molecule has 0 atom stereocenters. The van der Waals surface area contributed by atoms with E-state index < -0.39 is 17.4 Å². The normalized spacial score (nSPS) is 10.6. The lowest BCUT2D eigenvalue weighted by Crippen LogP contribution is -2.24. The van der Waals surface area contributed by atoms with Gasteiger partial charge in [-0.05, 0) is 34.3 Å². The zero-order valence-electron chi connectivity index (χ0n) is 9.05. The molecule has 4 heteroatoms. The Labute approximate surface area is 83.9 Å². The lowest BCUT2D eigenvalue weighted by Gasteiger charge is -2.16. The minimum absolute atomic E-state index is 0.227. The van der Waals surface area contributed by atoms with Crippen LogP contribution in [0.4, 0.5) is 0 Å². The van der Waals surface area contributed by atoms with Crippen LogP contribution < -0.4 is 0 Å². The molecule has 0 spiro atoms. The maximum atomic E-state index is 11.3. The van der Waals surface area contributed by atoms with Crippen molar-refractivity contribution in [1.82, 2.24) is 0 Å². The maximum Gasteiger partial charge on any atom is 0.373 e. The fraction of sp³-hybridized carbons (Fsp3) is 0.600. The molecule has 0 N–H and O–H groups in total. The summed E-state index contributed by atoms with van der Waals surface area (Å²) in [5.74, 6) is -1.48. The van der Waals surface area contributed by atoms with Crippen molar-refractivity contribution >= 4 is 11.9 Å². The smallest absolute Gasteiger partial charge is 0.373 e. The summed E-state index contributed by atoms with van der Waals surface area (Å²) in [5, 5.41) is 0. The zero-order chi connectivity index (χ0) is 11.4. The molecule has 0 aliphatic carbocycles. The average molecular weight is 200 g/mol. The van der Waals surface area contributed by atoms with E-state index in [-0.39, 0.29) is 12.4 Å². The molecule has 0 saturated carbocycles. The molecule has 80 valence electrons. The molecule has 0 aromatic heterocycles. The third-order valence-corrected chi connectivity index (χ3v) is 1.33. The molecule has 0 radical (unpaired) electrons. The first kappa shape index (κ1) is 12.7. The third kappa shape index (κ3) is 4.07. The van der Waals surface area contributed by atoms with E-state index in [2.05, 4.69) is 11.3 Å². The first-order valence-electron chi connectivity index (χ1n) is 4.37. The van der Waals surface area contributed by atoms with Crippen molar-refractivity contribution in [2.75, 3.05) is 6.61 Å². The van der Waals surface area contributed by atoms with Gasteiger partial charge in [0.1, 0.15) is 0 Å². The van der Waals surface area contributed by atoms with E-state index in [1.807, 2.05) is 0 Å². The summed E-state index contributed by atoms with van der Waals surface area (Å²) in [7, 11) is 0. The molecular formula is C10H16O4. The van der Waals surface area contributed by atoms with E-state index >= 15 is 0 Å². The Balaban J connectivity index is 4.21. The van der Waals surface area contributed by atoms with Gasteiger partial charge >= 0.3 is 11.9 Å².